The van der Waals surface area contributed by atoms with Crippen LogP contribution in [-0.4, -0.2) is 31.5 Å². The van der Waals surface area contributed by atoms with E-state index in [1.54, 1.807) is 12.1 Å². The second-order valence-electron chi connectivity index (χ2n) is 2.53. The lowest BCUT2D eigenvalue weighted by molar-refractivity contribution is 0.101. The van der Waals surface area contributed by atoms with Gasteiger partial charge in [-0.1, -0.05) is 11.6 Å². The lowest BCUT2D eigenvalue weighted by atomic mass is 10.4. The Morgan fingerprint density at radius 2 is 2.40 bits per heavy atom. The number of rotatable bonds is 2. The number of carbonyl (C=O) groups excluding carboxylic acids is 1. The molecule has 8 heteroatoms. The molecule has 76 valence electrons. The Labute approximate surface area is 88.9 Å². The molecule has 0 atom stereocenters. The zero-order valence-corrected chi connectivity index (χ0v) is 8.06. The third kappa shape index (κ3) is 2.08. The molecule has 0 saturated heterocycles. The number of pyridine rings is 1. The molecule has 2 rings (SSSR count). The van der Waals surface area contributed by atoms with Crippen molar-refractivity contribution >= 4 is 23.2 Å². The zero-order chi connectivity index (χ0) is 10.7. The van der Waals surface area contributed by atoms with Gasteiger partial charge in [0.2, 0.25) is 0 Å². The van der Waals surface area contributed by atoms with Crippen molar-refractivity contribution in [2.75, 3.05) is 5.32 Å². The van der Waals surface area contributed by atoms with Crippen LogP contribution in [0.2, 0.25) is 5.15 Å². The molecule has 2 aromatic rings. The highest BCUT2D eigenvalue weighted by molar-refractivity contribution is 6.32. The number of nitrogens with zero attached hydrogens (tertiary/aromatic N) is 4. The molecule has 0 bridgehead atoms. The van der Waals surface area contributed by atoms with Crippen LogP contribution >= 0.6 is 11.6 Å². The first-order valence-electron chi connectivity index (χ1n) is 3.92. The van der Waals surface area contributed by atoms with Crippen molar-refractivity contribution in [2.24, 2.45) is 0 Å². The van der Waals surface area contributed by atoms with Crippen molar-refractivity contribution < 1.29 is 4.79 Å². The predicted octanol–water partition coefficient (Wildman–Crippen LogP) is 0.500. The van der Waals surface area contributed by atoms with Gasteiger partial charge in [-0.15, -0.1) is 10.2 Å². The molecule has 0 radical (unpaired) electrons. The molecule has 2 heterocycles. The van der Waals surface area contributed by atoms with Crippen molar-refractivity contribution in [3.8, 4) is 0 Å². The zero-order valence-electron chi connectivity index (χ0n) is 7.31. The second kappa shape index (κ2) is 4.01. The van der Waals surface area contributed by atoms with Crippen molar-refractivity contribution in [3.05, 3.63) is 29.3 Å². The molecule has 15 heavy (non-hydrogen) atoms. The highest BCUT2D eigenvalue weighted by atomic mass is 35.5. The summed E-state index contributed by atoms with van der Waals surface area (Å²) in [6.07, 6.45) is 1.52. The van der Waals surface area contributed by atoms with Gasteiger partial charge in [0, 0.05) is 6.20 Å². The number of hydrogen-bond donors (Lipinski definition) is 2. The number of H-pyrrole nitrogens is 1. The quantitative estimate of drug-likeness (QED) is 0.724. The van der Waals surface area contributed by atoms with E-state index in [4.69, 9.17) is 11.6 Å². The largest absolute Gasteiger partial charge is 0.316 e. The number of halogens is 1. The fourth-order valence-electron chi connectivity index (χ4n) is 0.915. The molecule has 0 aliphatic carbocycles. The van der Waals surface area contributed by atoms with Crippen LogP contribution in [-0.2, 0) is 0 Å². The highest BCUT2D eigenvalue weighted by Crippen LogP contribution is 2.17. The number of carbonyl (C=O) groups is 1. The minimum absolute atomic E-state index is 0.0603. The first-order chi connectivity index (χ1) is 7.27. The van der Waals surface area contributed by atoms with Crippen molar-refractivity contribution in [2.45, 2.75) is 0 Å². The van der Waals surface area contributed by atoms with Crippen LogP contribution in [0.3, 0.4) is 0 Å². The Bertz CT molecular complexity index is 470. The molecule has 0 aliphatic rings. The second-order valence-corrected chi connectivity index (χ2v) is 2.89. The van der Waals surface area contributed by atoms with Crippen LogP contribution in [0.5, 0.6) is 0 Å². The molecule has 0 spiro atoms. The molecule has 2 N–H and O–H groups in total. The maximum Gasteiger partial charge on any atom is 0.297 e. The fourth-order valence-corrected chi connectivity index (χ4v) is 1.08. The van der Waals surface area contributed by atoms with E-state index in [9.17, 15) is 4.79 Å². The van der Waals surface area contributed by atoms with E-state index in [-0.39, 0.29) is 11.0 Å². The van der Waals surface area contributed by atoms with Gasteiger partial charge in [-0.25, -0.2) is 4.98 Å². The summed E-state index contributed by atoms with van der Waals surface area (Å²) in [5.74, 6) is -0.562. The van der Waals surface area contributed by atoms with Crippen LogP contribution < -0.4 is 5.32 Å². The van der Waals surface area contributed by atoms with Gasteiger partial charge in [-0.3, -0.25) is 4.79 Å². The maximum absolute atomic E-state index is 11.4. The summed E-state index contributed by atoms with van der Waals surface area (Å²) in [5.41, 5.74) is 0.397. The number of nitrogens with one attached hydrogen (secondary N) is 2. The van der Waals surface area contributed by atoms with Gasteiger partial charge in [-0.2, -0.15) is 5.21 Å². The third-order valence-electron chi connectivity index (χ3n) is 1.56. The fraction of sp³-hybridized carbons (Fsp3) is 0. The molecule has 0 aliphatic heterocycles. The number of aromatic nitrogens is 5. The molecule has 1 amide bonds. The van der Waals surface area contributed by atoms with Crippen LogP contribution in [0.25, 0.3) is 0 Å². The smallest absolute Gasteiger partial charge is 0.297 e. The van der Waals surface area contributed by atoms with Gasteiger partial charge >= 0.3 is 0 Å². The average molecular weight is 225 g/mol. The van der Waals surface area contributed by atoms with Crippen molar-refractivity contribution in [3.63, 3.8) is 0 Å². The maximum atomic E-state index is 11.4. The lowest BCUT2D eigenvalue weighted by Crippen LogP contribution is -2.14. The summed E-state index contributed by atoms with van der Waals surface area (Å²) >= 11 is 5.74. The number of anilines is 1. The molecule has 7 nitrogen and oxygen atoms in total. The van der Waals surface area contributed by atoms with Crippen LogP contribution in [0.15, 0.2) is 18.3 Å². The van der Waals surface area contributed by atoms with E-state index in [1.165, 1.54) is 6.20 Å². The van der Waals surface area contributed by atoms with E-state index in [0.29, 0.717) is 5.69 Å². The number of tetrazole rings is 1. The summed E-state index contributed by atoms with van der Waals surface area (Å²) in [7, 11) is 0. The first-order valence-corrected chi connectivity index (χ1v) is 4.30. The van der Waals surface area contributed by atoms with Crippen LogP contribution in [0.1, 0.15) is 10.6 Å². The van der Waals surface area contributed by atoms with Gasteiger partial charge in [0.1, 0.15) is 0 Å². The van der Waals surface area contributed by atoms with E-state index in [2.05, 4.69) is 30.9 Å². The summed E-state index contributed by atoms with van der Waals surface area (Å²) < 4.78 is 0. The van der Waals surface area contributed by atoms with Gasteiger partial charge in [0.25, 0.3) is 11.7 Å². The summed E-state index contributed by atoms with van der Waals surface area (Å²) in [4.78, 5) is 15.2. The topological polar surface area (TPSA) is 96.5 Å². The standard InChI is InChI=1S/C7H5ClN6O/c8-5-4(2-1-3-9-5)10-7(15)6-11-13-14-12-6/h1-3H,(H,10,15)(H,11,12,13,14). The van der Waals surface area contributed by atoms with Crippen LogP contribution in [0.4, 0.5) is 5.69 Å². The Morgan fingerprint density at radius 3 is 3.07 bits per heavy atom. The number of hydrogen-bond acceptors (Lipinski definition) is 5. The molecular formula is C7H5ClN6O. The minimum atomic E-state index is -0.501. The Morgan fingerprint density at radius 1 is 1.53 bits per heavy atom. The molecule has 2 aromatic heterocycles. The SMILES string of the molecule is O=C(Nc1cccnc1Cl)c1nn[nH]n1. The molecular weight excluding hydrogens is 220 g/mol. The van der Waals surface area contributed by atoms with Crippen molar-refractivity contribution in [1.29, 1.82) is 0 Å². The van der Waals surface area contributed by atoms with Gasteiger partial charge in [0.15, 0.2) is 5.15 Å². The summed E-state index contributed by atoms with van der Waals surface area (Å²) in [6.45, 7) is 0. The first kappa shape index (κ1) is 9.53. The van der Waals surface area contributed by atoms with Gasteiger partial charge in [-0.05, 0) is 17.3 Å². The highest BCUT2D eigenvalue weighted by Gasteiger charge is 2.12. The van der Waals surface area contributed by atoms with E-state index in [1.807, 2.05) is 0 Å². The predicted molar refractivity (Wildman–Crippen MR) is 51.4 cm³/mol. The number of amides is 1. The Kier molecular flexibility index (Phi) is 2.55. The van der Waals surface area contributed by atoms with Gasteiger partial charge < -0.3 is 5.32 Å². The van der Waals surface area contributed by atoms with Crippen LogP contribution in [0, 0.1) is 0 Å². The van der Waals surface area contributed by atoms with Gasteiger partial charge in [0.05, 0.1) is 5.69 Å². The number of aromatic amines is 1. The van der Waals surface area contributed by atoms with E-state index < -0.39 is 5.91 Å². The van der Waals surface area contributed by atoms with E-state index >= 15 is 0 Å². The molecule has 0 aromatic carbocycles. The summed E-state index contributed by atoms with van der Waals surface area (Å²) in [5, 5.41) is 15.2. The monoisotopic (exact) mass is 224 g/mol. The lowest BCUT2D eigenvalue weighted by Gasteiger charge is -2.02. The summed E-state index contributed by atoms with van der Waals surface area (Å²) in [6, 6.07) is 3.27. The normalized spacial score (nSPS) is 9.93. The minimum Gasteiger partial charge on any atom is -0.316 e. The molecule has 0 unspecified atom stereocenters. The Hall–Kier alpha value is -2.02. The molecule has 0 fully saturated rings. The average Bonchev–Trinajstić information content (AvgIpc) is 2.74. The van der Waals surface area contributed by atoms with E-state index in [0.717, 1.165) is 0 Å². The van der Waals surface area contributed by atoms with Crippen molar-refractivity contribution in [1.82, 2.24) is 25.6 Å². The molecule has 0 saturated carbocycles. The third-order valence-corrected chi connectivity index (χ3v) is 1.86. The Balaban J connectivity index is 2.17.